The zero-order valence-corrected chi connectivity index (χ0v) is 17.6. The van der Waals surface area contributed by atoms with Crippen molar-refractivity contribution in [1.29, 1.82) is 0 Å². The van der Waals surface area contributed by atoms with Gasteiger partial charge in [-0.1, -0.05) is 30.3 Å². The summed E-state index contributed by atoms with van der Waals surface area (Å²) >= 11 is 0. The van der Waals surface area contributed by atoms with Gasteiger partial charge >= 0.3 is 0 Å². The average Bonchev–Trinajstić information content (AvgIpc) is 2.66. The smallest absolute Gasteiger partial charge is 0.251 e. The topological polar surface area (TPSA) is 104 Å². The highest BCUT2D eigenvalue weighted by Gasteiger charge is 2.16. The number of rotatable bonds is 9. The fraction of sp³-hybridized carbons (Fsp3) is 0.333. The summed E-state index contributed by atoms with van der Waals surface area (Å²) in [6, 6.07) is 14.7. The first-order chi connectivity index (χ1) is 13.7. The molecule has 0 aliphatic rings. The van der Waals surface area contributed by atoms with Crippen LogP contribution in [0, 0.1) is 0 Å². The van der Waals surface area contributed by atoms with Crippen molar-refractivity contribution in [2.24, 2.45) is 0 Å². The molecule has 156 valence electrons. The van der Waals surface area contributed by atoms with Gasteiger partial charge in [0, 0.05) is 30.6 Å². The van der Waals surface area contributed by atoms with Crippen molar-refractivity contribution < 1.29 is 18.0 Å². The minimum absolute atomic E-state index is 0.117. The lowest BCUT2D eigenvalue weighted by atomic mass is 10.1. The molecule has 0 saturated heterocycles. The normalized spacial score (nSPS) is 12.4. The van der Waals surface area contributed by atoms with Gasteiger partial charge in [-0.25, -0.2) is 13.1 Å². The Hall–Kier alpha value is -2.71. The van der Waals surface area contributed by atoms with E-state index in [2.05, 4.69) is 15.4 Å². The molecule has 0 spiro atoms. The molecule has 0 aliphatic heterocycles. The van der Waals surface area contributed by atoms with Crippen molar-refractivity contribution in [1.82, 2.24) is 15.4 Å². The van der Waals surface area contributed by atoms with Gasteiger partial charge in [0.1, 0.15) is 0 Å². The van der Waals surface area contributed by atoms with Gasteiger partial charge in [0.05, 0.1) is 4.90 Å². The van der Waals surface area contributed by atoms with Crippen LogP contribution in [0.4, 0.5) is 0 Å². The molecule has 29 heavy (non-hydrogen) atoms. The molecule has 2 aromatic rings. The van der Waals surface area contributed by atoms with Crippen molar-refractivity contribution in [2.75, 3.05) is 0 Å². The Labute approximate surface area is 172 Å². The molecule has 2 aromatic carbocycles. The Morgan fingerprint density at radius 1 is 0.966 bits per heavy atom. The number of sulfonamides is 1. The highest BCUT2D eigenvalue weighted by molar-refractivity contribution is 7.89. The van der Waals surface area contributed by atoms with E-state index < -0.39 is 10.0 Å². The SMILES string of the molecule is CC(C)NS(=O)(=O)c1cccc(CNC(=O)CC(C)NC(=O)c2ccccc2)c1. The Morgan fingerprint density at radius 2 is 1.66 bits per heavy atom. The molecule has 2 amide bonds. The van der Waals surface area contributed by atoms with Gasteiger partial charge in [-0.2, -0.15) is 0 Å². The van der Waals surface area contributed by atoms with Gasteiger partial charge in [-0.05, 0) is 50.6 Å². The van der Waals surface area contributed by atoms with Crippen LogP contribution in [0.1, 0.15) is 43.1 Å². The molecule has 1 atom stereocenters. The number of hydrogen-bond donors (Lipinski definition) is 3. The monoisotopic (exact) mass is 417 g/mol. The number of carbonyl (C=O) groups is 2. The lowest BCUT2D eigenvalue weighted by molar-refractivity contribution is -0.121. The third-order valence-electron chi connectivity index (χ3n) is 3.99. The van der Waals surface area contributed by atoms with Crippen LogP contribution in [0.25, 0.3) is 0 Å². The lowest BCUT2D eigenvalue weighted by Gasteiger charge is -2.14. The summed E-state index contributed by atoms with van der Waals surface area (Å²) in [7, 11) is -3.59. The van der Waals surface area contributed by atoms with Gasteiger partial charge in [-0.15, -0.1) is 0 Å². The Kier molecular flexibility index (Phi) is 7.92. The van der Waals surface area contributed by atoms with Crippen LogP contribution in [0.5, 0.6) is 0 Å². The molecule has 0 fully saturated rings. The molecule has 0 aromatic heterocycles. The highest BCUT2D eigenvalue weighted by atomic mass is 32.2. The predicted molar refractivity (Wildman–Crippen MR) is 112 cm³/mol. The third-order valence-corrected chi connectivity index (χ3v) is 5.65. The largest absolute Gasteiger partial charge is 0.352 e. The molecule has 0 heterocycles. The van der Waals surface area contributed by atoms with Gasteiger partial charge in [0.25, 0.3) is 5.91 Å². The number of carbonyl (C=O) groups excluding carboxylic acids is 2. The second-order valence-electron chi connectivity index (χ2n) is 7.14. The van der Waals surface area contributed by atoms with E-state index in [-0.39, 0.29) is 41.8 Å². The van der Waals surface area contributed by atoms with Gasteiger partial charge in [-0.3, -0.25) is 9.59 Å². The van der Waals surface area contributed by atoms with Crippen LogP contribution in [0.15, 0.2) is 59.5 Å². The van der Waals surface area contributed by atoms with E-state index in [0.717, 1.165) is 0 Å². The second-order valence-corrected chi connectivity index (χ2v) is 8.86. The maximum atomic E-state index is 12.3. The van der Waals surface area contributed by atoms with Crippen LogP contribution in [0.2, 0.25) is 0 Å². The Bertz CT molecular complexity index is 943. The van der Waals surface area contributed by atoms with E-state index in [4.69, 9.17) is 0 Å². The molecule has 2 rings (SSSR count). The van der Waals surface area contributed by atoms with E-state index >= 15 is 0 Å². The van der Waals surface area contributed by atoms with Gasteiger partial charge in [0.2, 0.25) is 15.9 Å². The van der Waals surface area contributed by atoms with Gasteiger partial charge in [0.15, 0.2) is 0 Å². The molecule has 0 radical (unpaired) electrons. The van der Waals surface area contributed by atoms with Crippen molar-refractivity contribution in [3.8, 4) is 0 Å². The number of benzene rings is 2. The molecular weight excluding hydrogens is 390 g/mol. The first-order valence-electron chi connectivity index (χ1n) is 9.41. The fourth-order valence-corrected chi connectivity index (χ4v) is 4.02. The van der Waals surface area contributed by atoms with Crippen LogP contribution in [0.3, 0.4) is 0 Å². The predicted octanol–water partition coefficient (Wildman–Crippen LogP) is 2.20. The first-order valence-corrected chi connectivity index (χ1v) is 10.9. The number of hydrogen-bond acceptors (Lipinski definition) is 4. The van der Waals surface area contributed by atoms with E-state index in [1.165, 1.54) is 12.1 Å². The summed E-state index contributed by atoms with van der Waals surface area (Å²) in [6.07, 6.45) is 0.117. The Morgan fingerprint density at radius 3 is 2.31 bits per heavy atom. The van der Waals surface area contributed by atoms with Crippen molar-refractivity contribution in [2.45, 2.75) is 50.7 Å². The molecule has 0 saturated carbocycles. The summed E-state index contributed by atoms with van der Waals surface area (Å²) in [4.78, 5) is 24.5. The lowest BCUT2D eigenvalue weighted by Crippen LogP contribution is -2.37. The average molecular weight is 418 g/mol. The fourth-order valence-electron chi connectivity index (χ4n) is 2.70. The van der Waals surface area contributed by atoms with Crippen LogP contribution in [-0.2, 0) is 21.4 Å². The Balaban J connectivity index is 1.87. The third kappa shape index (κ3) is 7.32. The molecule has 8 heteroatoms. The molecule has 0 aliphatic carbocycles. The second kappa shape index (κ2) is 10.2. The molecule has 3 N–H and O–H groups in total. The minimum atomic E-state index is -3.59. The van der Waals surface area contributed by atoms with E-state index in [1.54, 1.807) is 57.2 Å². The van der Waals surface area contributed by atoms with E-state index in [0.29, 0.717) is 11.1 Å². The summed E-state index contributed by atoms with van der Waals surface area (Å²) in [5.74, 6) is -0.471. The van der Waals surface area contributed by atoms with Crippen LogP contribution >= 0.6 is 0 Å². The van der Waals surface area contributed by atoms with Crippen LogP contribution in [-0.4, -0.2) is 32.3 Å². The van der Waals surface area contributed by atoms with Crippen molar-refractivity contribution >= 4 is 21.8 Å². The van der Waals surface area contributed by atoms with Crippen molar-refractivity contribution in [3.63, 3.8) is 0 Å². The number of amides is 2. The summed E-state index contributed by atoms with van der Waals surface area (Å²) < 4.78 is 27.0. The zero-order chi connectivity index (χ0) is 21.4. The maximum absolute atomic E-state index is 12.3. The molecule has 1 unspecified atom stereocenters. The number of nitrogens with one attached hydrogen (secondary N) is 3. The summed E-state index contributed by atoms with van der Waals surface area (Å²) in [5, 5.41) is 5.54. The highest BCUT2D eigenvalue weighted by Crippen LogP contribution is 2.12. The van der Waals surface area contributed by atoms with Crippen LogP contribution < -0.4 is 15.4 Å². The van der Waals surface area contributed by atoms with E-state index in [9.17, 15) is 18.0 Å². The van der Waals surface area contributed by atoms with Crippen molar-refractivity contribution in [3.05, 3.63) is 65.7 Å². The zero-order valence-electron chi connectivity index (χ0n) is 16.8. The molecule has 7 nitrogen and oxygen atoms in total. The quantitative estimate of drug-likeness (QED) is 0.582. The summed E-state index contributed by atoms with van der Waals surface area (Å²) in [5.41, 5.74) is 1.21. The molecular formula is C21H27N3O4S. The minimum Gasteiger partial charge on any atom is -0.352 e. The van der Waals surface area contributed by atoms with Gasteiger partial charge < -0.3 is 10.6 Å². The first kappa shape index (κ1) is 22.6. The van der Waals surface area contributed by atoms with E-state index in [1.807, 2.05) is 6.07 Å². The standard InChI is InChI=1S/C21H27N3O4S/c1-15(2)24-29(27,28)19-11-7-8-17(13-19)14-22-20(25)12-16(3)23-21(26)18-9-5-4-6-10-18/h4-11,13,15-16,24H,12,14H2,1-3H3,(H,22,25)(H,23,26). The maximum Gasteiger partial charge on any atom is 0.251 e. The molecule has 0 bridgehead atoms. The summed E-state index contributed by atoms with van der Waals surface area (Å²) in [6.45, 7) is 5.45.